The molecule has 0 radical (unpaired) electrons. The number of rotatable bonds is 6. The SMILES string of the molecule is CC(Cl)Sc1cc(Cl)c(Sc2c(Cl)cc(SC(C)Cl)cc2Cl)c(Cl)c1. The van der Waals surface area contributed by atoms with Crippen LogP contribution in [-0.2, 0) is 0 Å². The number of alkyl halides is 2. The molecule has 2 unspecified atom stereocenters. The quantitative estimate of drug-likeness (QED) is 0.279. The molecule has 0 saturated heterocycles. The van der Waals surface area contributed by atoms with Gasteiger partial charge in [-0.3, -0.25) is 0 Å². The van der Waals surface area contributed by atoms with Crippen LogP contribution in [0.1, 0.15) is 13.8 Å². The second-order valence-corrected chi connectivity index (χ2v) is 12.2. The maximum absolute atomic E-state index is 6.40. The van der Waals surface area contributed by atoms with Gasteiger partial charge in [-0.2, -0.15) is 0 Å². The van der Waals surface area contributed by atoms with E-state index in [0.717, 1.165) is 9.79 Å². The Bertz CT molecular complexity index is 654. The van der Waals surface area contributed by atoms with Crippen LogP contribution >= 0.6 is 105 Å². The van der Waals surface area contributed by atoms with Gasteiger partial charge in [0.1, 0.15) is 0 Å². The molecule has 0 heterocycles. The van der Waals surface area contributed by atoms with Crippen LogP contribution in [0.2, 0.25) is 20.1 Å². The maximum atomic E-state index is 6.40. The minimum Gasteiger partial charge on any atom is -0.111 e. The molecule has 2 rings (SSSR count). The molecule has 0 saturated carbocycles. The highest BCUT2D eigenvalue weighted by molar-refractivity contribution is 8.01. The topological polar surface area (TPSA) is 0 Å². The van der Waals surface area contributed by atoms with E-state index < -0.39 is 0 Å². The van der Waals surface area contributed by atoms with Crippen LogP contribution in [0.3, 0.4) is 0 Å². The van der Waals surface area contributed by atoms with E-state index in [1.807, 2.05) is 38.1 Å². The summed E-state index contributed by atoms with van der Waals surface area (Å²) < 4.78 is -0.159. The zero-order valence-corrected chi connectivity index (χ0v) is 19.9. The van der Waals surface area contributed by atoms with Crippen molar-refractivity contribution < 1.29 is 0 Å². The number of halogens is 6. The van der Waals surface area contributed by atoms with Crippen molar-refractivity contribution in [1.82, 2.24) is 0 Å². The normalized spacial score (nSPS) is 13.8. The first-order valence-corrected chi connectivity index (χ1v) is 11.9. The zero-order chi connectivity index (χ0) is 18.7. The molecule has 0 spiro atoms. The first-order chi connectivity index (χ1) is 11.7. The molecule has 25 heavy (non-hydrogen) atoms. The van der Waals surface area contributed by atoms with E-state index in [1.54, 1.807) is 0 Å². The van der Waals surface area contributed by atoms with Crippen molar-refractivity contribution in [3.05, 3.63) is 44.4 Å². The van der Waals surface area contributed by atoms with Crippen molar-refractivity contribution >= 4 is 105 Å². The summed E-state index contributed by atoms with van der Waals surface area (Å²) in [7, 11) is 0. The van der Waals surface area contributed by atoms with Gasteiger partial charge in [0, 0.05) is 19.6 Å². The van der Waals surface area contributed by atoms with Crippen LogP contribution in [-0.4, -0.2) is 9.42 Å². The fourth-order valence-corrected chi connectivity index (χ4v) is 6.52. The van der Waals surface area contributed by atoms with Gasteiger partial charge in [0.2, 0.25) is 0 Å². The van der Waals surface area contributed by atoms with Gasteiger partial charge >= 0.3 is 0 Å². The Balaban J connectivity index is 2.33. The summed E-state index contributed by atoms with van der Waals surface area (Å²) >= 11 is 41.9. The molecule has 0 aromatic heterocycles. The van der Waals surface area contributed by atoms with Crippen molar-refractivity contribution in [3.8, 4) is 0 Å². The summed E-state index contributed by atoms with van der Waals surface area (Å²) in [6.45, 7) is 3.77. The molecule has 0 aliphatic heterocycles. The Morgan fingerprint density at radius 2 is 0.920 bits per heavy atom. The molecule has 2 aromatic rings. The van der Waals surface area contributed by atoms with E-state index in [4.69, 9.17) is 69.6 Å². The van der Waals surface area contributed by atoms with Gasteiger partial charge in [0.25, 0.3) is 0 Å². The summed E-state index contributed by atoms with van der Waals surface area (Å²) in [6.07, 6.45) is 0. The van der Waals surface area contributed by atoms with E-state index in [2.05, 4.69) is 0 Å². The molecule has 0 N–H and O–H groups in total. The van der Waals surface area contributed by atoms with Crippen LogP contribution in [0, 0.1) is 0 Å². The van der Waals surface area contributed by atoms with Crippen LogP contribution in [0.15, 0.2) is 43.8 Å². The molecule has 0 aliphatic carbocycles. The highest BCUT2D eigenvalue weighted by atomic mass is 35.5. The molecular formula is C16H12Cl6S3. The maximum Gasteiger partial charge on any atom is 0.0807 e. The predicted molar refractivity (Wildman–Crippen MR) is 119 cm³/mol. The number of hydrogen-bond acceptors (Lipinski definition) is 3. The second kappa shape index (κ2) is 10.1. The average molecular weight is 513 g/mol. The first kappa shape index (κ1) is 22.5. The molecule has 0 nitrogen and oxygen atoms in total. The van der Waals surface area contributed by atoms with Crippen molar-refractivity contribution in [3.63, 3.8) is 0 Å². The third-order valence-corrected chi connectivity index (χ3v) is 7.87. The van der Waals surface area contributed by atoms with Gasteiger partial charge in [-0.15, -0.1) is 46.7 Å². The molecule has 0 aliphatic rings. The lowest BCUT2D eigenvalue weighted by atomic mass is 10.3. The summed E-state index contributed by atoms with van der Waals surface area (Å²) in [5.74, 6) is 0. The Morgan fingerprint density at radius 3 is 1.16 bits per heavy atom. The lowest BCUT2D eigenvalue weighted by Gasteiger charge is -2.13. The molecule has 2 aromatic carbocycles. The van der Waals surface area contributed by atoms with E-state index in [1.165, 1.54) is 35.3 Å². The fourth-order valence-electron chi connectivity index (χ4n) is 1.88. The summed E-state index contributed by atoms with van der Waals surface area (Å²) in [5, 5.41) is 2.10. The lowest BCUT2D eigenvalue weighted by Crippen LogP contribution is -1.87. The van der Waals surface area contributed by atoms with Crippen molar-refractivity contribution in [2.24, 2.45) is 0 Å². The van der Waals surface area contributed by atoms with Gasteiger partial charge in [0.05, 0.1) is 29.5 Å². The Morgan fingerprint density at radius 1 is 0.640 bits per heavy atom. The van der Waals surface area contributed by atoms with Crippen molar-refractivity contribution in [2.45, 2.75) is 42.8 Å². The molecule has 0 fully saturated rings. The molecule has 136 valence electrons. The fraction of sp³-hybridized carbons (Fsp3) is 0.250. The summed E-state index contributed by atoms with van der Waals surface area (Å²) in [6, 6.07) is 7.34. The molecule has 9 heteroatoms. The highest BCUT2D eigenvalue weighted by Crippen LogP contribution is 2.47. The van der Waals surface area contributed by atoms with Gasteiger partial charge < -0.3 is 0 Å². The van der Waals surface area contributed by atoms with Gasteiger partial charge in [-0.1, -0.05) is 58.2 Å². The summed E-state index contributed by atoms with van der Waals surface area (Å²) in [4.78, 5) is 3.21. The first-order valence-electron chi connectivity index (χ1n) is 6.94. The highest BCUT2D eigenvalue weighted by Gasteiger charge is 2.17. The zero-order valence-electron chi connectivity index (χ0n) is 13.0. The molecule has 2 atom stereocenters. The Kier molecular flexibility index (Phi) is 9.13. The summed E-state index contributed by atoms with van der Waals surface area (Å²) in [5.41, 5.74) is 0. The second-order valence-electron chi connectivity index (χ2n) is 4.86. The number of benzene rings is 2. The van der Waals surface area contributed by atoms with E-state index >= 15 is 0 Å². The Labute approximate surface area is 190 Å². The van der Waals surface area contributed by atoms with Crippen LogP contribution in [0.4, 0.5) is 0 Å². The largest absolute Gasteiger partial charge is 0.111 e. The Hall–Kier alpha value is 1.23. The van der Waals surface area contributed by atoms with E-state index in [0.29, 0.717) is 29.9 Å². The third kappa shape index (κ3) is 6.66. The smallest absolute Gasteiger partial charge is 0.0807 e. The van der Waals surface area contributed by atoms with Crippen LogP contribution in [0.5, 0.6) is 0 Å². The van der Waals surface area contributed by atoms with Gasteiger partial charge in [-0.05, 0) is 38.1 Å². The van der Waals surface area contributed by atoms with E-state index in [9.17, 15) is 0 Å². The molecule has 0 bridgehead atoms. The lowest BCUT2D eigenvalue weighted by molar-refractivity contribution is 1.30. The third-order valence-electron chi connectivity index (χ3n) is 2.74. The molecule has 0 amide bonds. The minimum absolute atomic E-state index is 0.0797. The average Bonchev–Trinajstić information content (AvgIpc) is 2.43. The van der Waals surface area contributed by atoms with Crippen molar-refractivity contribution in [1.29, 1.82) is 0 Å². The number of thioether (sulfide) groups is 2. The molecular weight excluding hydrogens is 501 g/mol. The van der Waals surface area contributed by atoms with Crippen LogP contribution < -0.4 is 0 Å². The van der Waals surface area contributed by atoms with Crippen molar-refractivity contribution in [2.75, 3.05) is 0 Å². The van der Waals surface area contributed by atoms with E-state index in [-0.39, 0.29) is 9.42 Å². The van der Waals surface area contributed by atoms with Crippen LogP contribution in [0.25, 0.3) is 0 Å². The number of hydrogen-bond donors (Lipinski definition) is 0. The van der Waals surface area contributed by atoms with Gasteiger partial charge in [0.15, 0.2) is 0 Å². The minimum atomic E-state index is -0.0797. The van der Waals surface area contributed by atoms with Gasteiger partial charge in [-0.25, -0.2) is 0 Å². The standard InChI is InChI=1S/C16H12Cl6S3/c1-7(17)23-9-3-11(19)15(12(20)4-9)25-16-13(21)5-10(6-14(16)22)24-8(2)18/h3-8H,1-2H3. The predicted octanol–water partition coefficient (Wildman–Crippen LogP) is 9.81. The monoisotopic (exact) mass is 510 g/mol.